The highest BCUT2D eigenvalue weighted by atomic mass is 16.6. The van der Waals surface area contributed by atoms with Gasteiger partial charge in [-0.1, -0.05) is 0 Å². The van der Waals surface area contributed by atoms with Crippen molar-refractivity contribution >= 4 is 17.6 Å². The van der Waals surface area contributed by atoms with Crippen molar-refractivity contribution < 1.29 is 9.53 Å². The molecule has 2 N–H and O–H groups in total. The van der Waals surface area contributed by atoms with Crippen LogP contribution in [0.4, 0.5) is 16.3 Å². The topological polar surface area (TPSA) is 95.5 Å². The molecule has 26 heavy (non-hydrogen) atoms. The van der Waals surface area contributed by atoms with Crippen LogP contribution in [-0.4, -0.2) is 47.3 Å². The summed E-state index contributed by atoms with van der Waals surface area (Å²) in [5.74, 6) is 1.10. The molecule has 7 heteroatoms. The molecule has 0 aromatic carbocycles. The summed E-state index contributed by atoms with van der Waals surface area (Å²) in [6, 6.07) is 3.91. The van der Waals surface area contributed by atoms with Crippen molar-refractivity contribution in [1.82, 2.24) is 9.88 Å². The molecule has 0 spiro atoms. The van der Waals surface area contributed by atoms with Gasteiger partial charge in [-0.2, -0.15) is 5.26 Å². The summed E-state index contributed by atoms with van der Waals surface area (Å²) < 4.78 is 5.49. The number of amides is 1. The lowest BCUT2D eigenvalue weighted by Crippen LogP contribution is -2.55. The number of nitrogens with two attached hydrogens (primary N) is 1. The fraction of sp³-hybridized carbons (Fsp3) is 0.632. The summed E-state index contributed by atoms with van der Waals surface area (Å²) in [6.07, 6.45) is 1.91. The van der Waals surface area contributed by atoms with E-state index in [9.17, 15) is 10.1 Å². The summed E-state index contributed by atoms with van der Waals surface area (Å²) in [5, 5.41) is 9.50. The molecule has 7 nitrogen and oxygen atoms in total. The van der Waals surface area contributed by atoms with Gasteiger partial charge in [0.25, 0.3) is 0 Å². The summed E-state index contributed by atoms with van der Waals surface area (Å²) in [4.78, 5) is 20.9. The van der Waals surface area contributed by atoms with E-state index >= 15 is 0 Å². The minimum Gasteiger partial charge on any atom is -0.444 e. The normalized spacial score (nSPS) is 20.7. The van der Waals surface area contributed by atoms with Crippen LogP contribution in [0.25, 0.3) is 0 Å². The number of nitrogens with zero attached hydrogens (tertiary/aromatic N) is 4. The van der Waals surface area contributed by atoms with Crippen molar-refractivity contribution in [3.8, 4) is 6.07 Å². The number of anilines is 2. The number of hydrogen-bond donors (Lipinski definition) is 1. The molecule has 1 saturated carbocycles. The minimum absolute atomic E-state index is 0.0335. The van der Waals surface area contributed by atoms with E-state index in [0.29, 0.717) is 42.6 Å². The van der Waals surface area contributed by atoms with Gasteiger partial charge in [-0.15, -0.1) is 0 Å². The first kappa shape index (κ1) is 18.3. The summed E-state index contributed by atoms with van der Waals surface area (Å²) in [6.45, 7) is 9.33. The van der Waals surface area contributed by atoms with Crippen molar-refractivity contribution in [3.05, 3.63) is 17.3 Å². The zero-order valence-electron chi connectivity index (χ0n) is 16.0. The molecule has 1 aliphatic heterocycles. The Balaban J connectivity index is 1.78. The first-order valence-electron chi connectivity index (χ1n) is 9.14. The van der Waals surface area contributed by atoms with Crippen molar-refractivity contribution in [2.75, 3.05) is 30.3 Å². The van der Waals surface area contributed by atoms with Crippen molar-refractivity contribution in [3.63, 3.8) is 0 Å². The molecule has 1 amide bonds. The molecule has 1 saturated heterocycles. The summed E-state index contributed by atoms with van der Waals surface area (Å²) >= 11 is 0. The number of carbonyl (C=O) groups excluding carboxylic acids is 1. The first-order chi connectivity index (χ1) is 12.2. The maximum absolute atomic E-state index is 12.4. The standard InChI is InChI=1S/C19H27N5O2/c1-12-11-23(7-8-24(12)18(25)26-19(2,3)4)17-14(10-20)9-15(21)16(22-17)13-5-6-13/h9,12-13H,5-8,11,21H2,1-4H3/t12-/m1/s1. The number of nitriles is 1. The van der Waals surface area contributed by atoms with Crippen molar-refractivity contribution in [2.45, 2.75) is 58.1 Å². The lowest BCUT2D eigenvalue weighted by Gasteiger charge is -2.41. The molecule has 3 rings (SSSR count). The van der Waals surface area contributed by atoms with Crippen molar-refractivity contribution in [1.29, 1.82) is 5.26 Å². The molecule has 1 atom stereocenters. The maximum Gasteiger partial charge on any atom is 0.410 e. The average molecular weight is 357 g/mol. The van der Waals surface area contributed by atoms with Gasteiger partial charge in [-0.05, 0) is 46.6 Å². The van der Waals surface area contributed by atoms with E-state index in [1.165, 1.54) is 0 Å². The molecular weight excluding hydrogens is 330 g/mol. The van der Waals surface area contributed by atoms with E-state index in [2.05, 4.69) is 11.0 Å². The lowest BCUT2D eigenvalue weighted by atomic mass is 10.1. The molecule has 1 aromatic rings. The van der Waals surface area contributed by atoms with Gasteiger partial charge in [0.2, 0.25) is 0 Å². The molecule has 0 bridgehead atoms. The second-order valence-electron chi connectivity index (χ2n) is 8.19. The summed E-state index contributed by atoms with van der Waals surface area (Å²) in [5.41, 5.74) is 7.57. The van der Waals surface area contributed by atoms with Gasteiger partial charge in [0.05, 0.1) is 16.9 Å². The molecular formula is C19H27N5O2. The Bertz CT molecular complexity index is 746. The minimum atomic E-state index is -0.514. The number of aromatic nitrogens is 1. The van der Waals surface area contributed by atoms with Crippen LogP contribution in [0.15, 0.2) is 6.07 Å². The zero-order valence-corrected chi connectivity index (χ0v) is 16.0. The van der Waals surface area contributed by atoms with Gasteiger partial charge in [0, 0.05) is 31.6 Å². The molecule has 0 unspecified atom stereocenters. The van der Waals surface area contributed by atoms with Gasteiger partial charge >= 0.3 is 6.09 Å². The predicted octanol–water partition coefficient (Wildman–Crippen LogP) is 2.86. The molecule has 1 aromatic heterocycles. The number of pyridine rings is 1. The van der Waals surface area contributed by atoms with E-state index in [-0.39, 0.29) is 12.1 Å². The number of ether oxygens (including phenoxy) is 1. The maximum atomic E-state index is 12.4. The van der Waals surface area contributed by atoms with Crippen LogP contribution < -0.4 is 10.6 Å². The van der Waals surface area contributed by atoms with Gasteiger partial charge in [0.15, 0.2) is 0 Å². The third-order valence-corrected chi connectivity index (χ3v) is 4.70. The third kappa shape index (κ3) is 3.85. The smallest absolute Gasteiger partial charge is 0.410 e. The van der Waals surface area contributed by atoms with Gasteiger partial charge in [0.1, 0.15) is 17.5 Å². The van der Waals surface area contributed by atoms with E-state index in [0.717, 1.165) is 18.5 Å². The van der Waals surface area contributed by atoms with Crippen LogP contribution in [-0.2, 0) is 4.74 Å². The van der Waals surface area contributed by atoms with Gasteiger partial charge < -0.3 is 20.3 Å². The highest BCUT2D eigenvalue weighted by Gasteiger charge is 2.33. The number of hydrogen-bond acceptors (Lipinski definition) is 6. The van der Waals surface area contributed by atoms with E-state index in [4.69, 9.17) is 15.5 Å². The van der Waals surface area contributed by atoms with Crippen LogP contribution in [0.2, 0.25) is 0 Å². The number of nitrogen functional groups attached to an aromatic ring is 1. The molecule has 0 radical (unpaired) electrons. The predicted molar refractivity (Wildman–Crippen MR) is 100.0 cm³/mol. The van der Waals surface area contributed by atoms with Gasteiger partial charge in [-0.25, -0.2) is 9.78 Å². The lowest BCUT2D eigenvalue weighted by molar-refractivity contribution is 0.0158. The average Bonchev–Trinajstić information content (AvgIpc) is 3.37. The first-order valence-corrected chi connectivity index (χ1v) is 9.14. The Kier molecular flexibility index (Phi) is 4.70. The van der Waals surface area contributed by atoms with Gasteiger partial charge in [-0.3, -0.25) is 0 Å². The molecule has 2 aliphatic rings. The Morgan fingerprint density at radius 2 is 2.08 bits per heavy atom. The van der Waals surface area contributed by atoms with Crippen LogP contribution in [0.3, 0.4) is 0 Å². The summed E-state index contributed by atoms with van der Waals surface area (Å²) in [7, 11) is 0. The highest BCUT2D eigenvalue weighted by Crippen LogP contribution is 2.43. The monoisotopic (exact) mass is 357 g/mol. The number of piperazine rings is 1. The third-order valence-electron chi connectivity index (χ3n) is 4.70. The van der Waals surface area contributed by atoms with Crippen LogP contribution in [0.5, 0.6) is 0 Å². The van der Waals surface area contributed by atoms with E-state index in [1.807, 2.05) is 27.7 Å². The largest absolute Gasteiger partial charge is 0.444 e. The Labute approximate surface area is 154 Å². The van der Waals surface area contributed by atoms with Crippen LogP contribution in [0.1, 0.15) is 57.7 Å². The fourth-order valence-electron chi connectivity index (χ4n) is 3.28. The van der Waals surface area contributed by atoms with E-state index < -0.39 is 5.60 Å². The molecule has 140 valence electrons. The molecule has 2 fully saturated rings. The second-order valence-corrected chi connectivity index (χ2v) is 8.19. The SMILES string of the molecule is C[C@@H]1CN(c2nc(C3CC3)c(N)cc2C#N)CCN1C(=O)OC(C)(C)C. The Hall–Kier alpha value is -2.49. The quantitative estimate of drug-likeness (QED) is 0.874. The van der Waals surface area contributed by atoms with Crippen molar-refractivity contribution in [2.24, 2.45) is 0 Å². The Morgan fingerprint density at radius 3 is 2.62 bits per heavy atom. The molecule has 1 aliphatic carbocycles. The highest BCUT2D eigenvalue weighted by molar-refractivity contribution is 5.69. The Morgan fingerprint density at radius 1 is 1.38 bits per heavy atom. The van der Waals surface area contributed by atoms with Crippen LogP contribution >= 0.6 is 0 Å². The van der Waals surface area contributed by atoms with E-state index in [1.54, 1.807) is 11.0 Å². The number of rotatable bonds is 2. The van der Waals surface area contributed by atoms with Crippen LogP contribution in [0, 0.1) is 11.3 Å². The molecule has 2 heterocycles. The second kappa shape index (κ2) is 6.67. The fourth-order valence-corrected chi connectivity index (χ4v) is 3.28. The zero-order chi connectivity index (χ0) is 19.1. The number of carbonyl (C=O) groups is 1.